The quantitative estimate of drug-likeness (QED) is 0.801. The third-order valence-corrected chi connectivity index (χ3v) is 5.77. The van der Waals surface area contributed by atoms with Gasteiger partial charge < -0.3 is 19.1 Å². The number of ether oxygens (including phenoxy) is 3. The van der Waals surface area contributed by atoms with Crippen LogP contribution in [0.4, 0.5) is 0 Å². The van der Waals surface area contributed by atoms with Gasteiger partial charge in [0.1, 0.15) is 0 Å². The van der Waals surface area contributed by atoms with Crippen LogP contribution in [0.15, 0.2) is 12.4 Å². The Kier molecular flexibility index (Phi) is 4.80. The van der Waals surface area contributed by atoms with Crippen LogP contribution in [0.3, 0.4) is 0 Å². The highest BCUT2D eigenvalue weighted by Crippen LogP contribution is 2.38. The number of rotatable bonds is 2. The zero-order valence-electron chi connectivity index (χ0n) is 14.9. The molecule has 7 heteroatoms. The van der Waals surface area contributed by atoms with Crippen LogP contribution < -0.4 is 0 Å². The molecule has 0 saturated carbocycles. The Bertz CT molecular complexity index is 611. The van der Waals surface area contributed by atoms with Crippen molar-refractivity contribution in [3.05, 3.63) is 18.0 Å². The maximum atomic E-state index is 13.3. The molecule has 138 valence electrons. The van der Waals surface area contributed by atoms with Gasteiger partial charge in [-0.25, -0.2) is 0 Å². The average Bonchev–Trinajstić information content (AvgIpc) is 3.22. The molecule has 3 aliphatic rings. The highest BCUT2D eigenvalue weighted by atomic mass is 16.5. The van der Waals surface area contributed by atoms with Crippen molar-refractivity contribution in [1.82, 2.24) is 14.7 Å². The number of nitrogens with zero attached hydrogens (tertiary/aromatic N) is 3. The van der Waals surface area contributed by atoms with Crippen molar-refractivity contribution in [2.75, 3.05) is 46.1 Å². The summed E-state index contributed by atoms with van der Waals surface area (Å²) in [4.78, 5) is 15.3. The summed E-state index contributed by atoms with van der Waals surface area (Å²) in [5.74, 6) is 0.0712. The van der Waals surface area contributed by atoms with E-state index in [2.05, 4.69) is 5.10 Å². The Hall–Kier alpha value is -1.44. The van der Waals surface area contributed by atoms with E-state index in [1.165, 1.54) is 0 Å². The summed E-state index contributed by atoms with van der Waals surface area (Å²) >= 11 is 0. The minimum absolute atomic E-state index is 0.0493. The molecular formula is C18H27N3O4. The van der Waals surface area contributed by atoms with Gasteiger partial charge in [0, 0.05) is 57.1 Å². The Morgan fingerprint density at radius 2 is 2.08 bits per heavy atom. The van der Waals surface area contributed by atoms with Crippen molar-refractivity contribution >= 4 is 5.91 Å². The van der Waals surface area contributed by atoms with Crippen LogP contribution in [0.1, 0.15) is 30.9 Å². The van der Waals surface area contributed by atoms with E-state index in [0.717, 1.165) is 51.2 Å². The molecule has 3 aliphatic heterocycles. The molecule has 4 rings (SSSR count). The SMILES string of the molecule is Cn1cc([C@H]2OCC[C@@H]2C(=O)N2CCOCC3(CCOCC3)C2)cn1. The zero-order valence-corrected chi connectivity index (χ0v) is 14.9. The summed E-state index contributed by atoms with van der Waals surface area (Å²) in [7, 11) is 1.89. The highest BCUT2D eigenvalue weighted by Gasteiger charge is 2.42. The Morgan fingerprint density at radius 3 is 2.84 bits per heavy atom. The van der Waals surface area contributed by atoms with Crippen LogP contribution in [0, 0.1) is 11.3 Å². The average molecular weight is 349 g/mol. The van der Waals surface area contributed by atoms with Crippen LogP contribution in [-0.2, 0) is 26.1 Å². The molecule has 0 bridgehead atoms. The molecule has 3 saturated heterocycles. The minimum Gasteiger partial charge on any atom is -0.381 e. The molecule has 3 fully saturated rings. The number of amides is 1. The van der Waals surface area contributed by atoms with Gasteiger partial charge in [0.25, 0.3) is 0 Å². The first-order chi connectivity index (χ1) is 12.2. The molecule has 7 nitrogen and oxygen atoms in total. The second-order valence-electron chi connectivity index (χ2n) is 7.56. The minimum atomic E-state index is -0.184. The fourth-order valence-corrected chi connectivity index (χ4v) is 4.28. The van der Waals surface area contributed by atoms with E-state index < -0.39 is 0 Å². The normalized spacial score (nSPS) is 29.7. The number of aromatic nitrogens is 2. The lowest BCUT2D eigenvalue weighted by Crippen LogP contribution is -2.46. The molecule has 25 heavy (non-hydrogen) atoms. The largest absolute Gasteiger partial charge is 0.381 e. The van der Waals surface area contributed by atoms with E-state index in [0.29, 0.717) is 19.8 Å². The summed E-state index contributed by atoms with van der Waals surface area (Å²) in [5.41, 5.74) is 1.04. The number of hydrogen-bond donors (Lipinski definition) is 0. The lowest BCUT2D eigenvalue weighted by Gasteiger charge is -2.39. The lowest BCUT2D eigenvalue weighted by molar-refractivity contribution is -0.139. The lowest BCUT2D eigenvalue weighted by atomic mass is 9.80. The Balaban J connectivity index is 1.50. The topological polar surface area (TPSA) is 65.8 Å². The van der Waals surface area contributed by atoms with E-state index in [9.17, 15) is 4.79 Å². The van der Waals surface area contributed by atoms with Gasteiger partial charge in [0.15, 0.2) is 0 Å². The smallest absolute Gasteiger partial charge is 0.228 e. The summed E-state index contributed by atoms with van der Waals surface area (Å²) < 4.78 is 19.0. The van der Waals surface area contributed by atoms with Gasteiger partial charge in [-0.15, -0.1) is 0 Å². The van der Waals surface area contributed by atoms with E-state index in [1.54, 1.807) is 4.68 Å². The molecule has 0 unspecified atom stereocenters. The fraction of sp³-hybridized carbons (Fsp3) is 0.778. The molecule has 1 amide bonds. The molecule has 0 N–H and O–H groups in total. The van der Waals surface area contributed by atoms with Crippen LogP contribution in [-0.4, -0.2) is 66.7 Å². The van der Waals surface area contributed by atoms with Gasteiger partial charge in [-0.3, -0.25) is 9.48 Å². The van der Waals surface area contributed by atoms with Gasteiger partial charge in [-0.1, -0.05) is 0 Å². The summed E-state index contributed by atoms with van der Waals surface area (Å²) in [5, 5.41) is 4.23. The predicted octanol–water partition coefficient (Wildman–Crippen LogP) is 1.15. The van der Waals surface area contributed by atoms with Crippen molar-refractivity contribution in [2.24, 2.45) is 18.4 Å². The van der Waals surface area contributed by atoms with Gasteiger partial charge in [0.05, 0.1) is 31.4 Å². The van der Waals surface area contributed by atoms with Gasteiger partial charge >= 0.3 is 0 Å². The summed E-state index contributed by atoms with van der Waals surface area (Å²) in [6.07, 6.45) is 6.26. The number of carbonyl (C=O) groups is 1. The molecule has 0 aromatic carbocycles. The standard InChI is InChI=1S/C18H27N3O4/c1-20-11-14(10-19-20)16-15(2-6-25-16)17(22)21-5-9-24-13-18(12-21)3-7-23-8-4-18/h10-11,15-16H,2-9,12-13H2,1H3/t15-,16+/m0/s1. The first-order valence-electron chi connectivity index (χ1n) is 9.21. The molecule has 0 aliphatic carbocycles. The Labute approximate surface area is 148 Å². The van der Waals surface area contributed by atoms with Crippen LogP contribution >= 0.6 is 0 Å². The zero-order chi connectivity index (χ0) is 17.3. The summed E-state index contributed by atoms with van der Waals surface area (Å²) in [6, 6.07) is 0. The van der Waals surface area contributed by atoms with Crippen molar-refractivity contribution in [3.63, 3.8) is 0 Å². The molecule has 0 radical (unpaired) electrons. The first kappa shape index (κ1) is 17.0. The highest BCUT2D eigenvalue weighted by molar-refractivity contribution is 5.80. The maximum absolute atomic E-state index is 13.3. The Morgan fingerprint density at radius 1 is 1.24 bits per heavy atom. The van der Waals surface area contributed by atoms with Crippen LogP contribution in [0.2, 0.25) is 0 Å². The van der Waals surface area contributed by atoms with E-state index in [4.69, 9.17) is 14.2 Å². The number of carbonyl (C=O) groups excluding carboxylic acids is 1. The second-order valence-corrected chi connectivity index (χ2v) is 7.56. The van der Waals surface area contributed by atoms with Crippen LogP contribution in [0.5, 0.6) is 0 Å². The molecule has 2 atom stereocenters. The van der Waals surface area contributed by atoms with Crippen molar-refractivity contribution in [2.45, 2.75) is 25.4 Å². The second kappa shape index (κ2) is 7.05. The van der Waals surface area contributed by atoms with Gasteiger partial charge in [-0.2, -0.15) is 5.10 Å². The number of aryl methyl sites for hydroxylation is 1. The maximum Gasteiger partial charge on any atom is 0.228 e. The third kappa shape index (κ3) is 3.45. The summed E-state index contributed by atoms with van der Waals surface area (Å²) in [6.45, 7) is 4.92. The van der Waals surface area contributed by atoms with Crippen molar-refractivity contribution in [1.29, 1.82) is 0 Å². The molecule has 1 spiro atoms. The fourth-order valence-electron chi connectivity index (χ4n) is 4.28. The monoisotopic (exact) mass is 349 g/mol. The van der Waals surface area contributed by atoms with E-state index in [1.807, 2.05) is 24.3 Å². The van der Waals surface area contributed by atoms with Crippen molar-refractivity contribution < 1.29 is 19.0 Å². The third-order valence-electron chi connectivity index (χ3n) is 5.77. The van der Waals surface area contributed by atoms with Gasteiger partial charge in [0.2, 0.25) is 5.91 Å². The number of hydrogen-bond acceptors (Lipinski definition) is 5. The molecular weight excluding hydrogens is 322 g/mol. The van der Waals surface area contributed by atoms with Crippen LogP contribution in [0.25, 0.3) is 0 Å². The molecule has 1 aromatic rings. The van der Waals surface area contributed by atoms with Crippen molar-refractivity contribution in [3.8, 4) is 0 Å². The predicted molar refractivity (Wildman–Crippen MR) is 89.9 cm³/mol. The molecule has 4 heterocycles. The van der Waals surface area contributed by atoms with Gasteiger partial charge in [-0.05, 0) is 19.3 Å². The van der Waals surface area contributed by atoms with E-state index >= 15 is 0 Å². The first-order valence-corrected chi connectivity index (χ1v) is 9.21. The molecule has 1 aromatic heterocycles. The van der Waals surface area contributed by atoms with E-state index in [-0.39, 0.29) is 23.3 Å².